The minimum atomic E-state index is 0.617. The molecule has 0 saturated heterocycles. The second-order valence-corrected chi connectivity index (χ2v) is 5.33. The van der Waals surface area contributed by atoms with Gasteiger partial charge in [0.1, 0.15) is 17.2 Å². The number of benzene rings is 2. The van der Waals surface area contributed by atoms with E-state index in [1.54, 1.807) is 0 Å². The van der Waals surface area contributed by atoms with Crippen molar-refractivity contribution in [1.29, 1.82) is 0 Å². The Bertz CT molecular complexity index is 540. The molecule has 0 amide bonds. The minimum absolute atomic E-state index is 0.617. The van der Waals surface area contributed by atoms with E-state index in [2.05, 4.69) is 15.9 Å². The predicted molar refractivity (Wildman–Crippen MR) is 87.4 cm³/mol. The summed E-state index contributed by atoms with van der Waals surface area (Å²) in [7, 11) is 0. The lowest BCUT2D eigenvalue weighted by atomic mass is 10.3. The summed E-state index contributed by atoms with van der Waals surface area (Å²) in [6.45, 7) is 3.87. The lowest BCUT2D eigenvalue weighted by molar-refractivity contribution is 0.246. The lowest BCUT2D eigenvalue weighted by Gasteiger charge is -2.09. The highest BCUT2D eigenvalue weighted by Gasteiger charge is 1.98. The van der Waals surface area contributed by atoms with Gasteiger partial charge < -0.3 is 14.2 Å². The molecule has 21 heavy (non-hydrogen) atoms. The van der Waals surface area contributed by atoms with Crippen LogP contribution in [0.25, 0.3) is 0 Å². The fourth-order valence-corrected chi connectivity index (χ4v) is 2.05. The van der Waals surface area contributed by atoms with E-state index >= 15 is 0 Å². The molecule has 0 atom stereocenters. The number of halogens is 1. The first-order chi connectivity index (χ1) is 10.3. The Labute approximate surface area is 134 Å². The Morgan fingerprint density at radius 2 is 1.43 bits per heavy atom. The first kappa shape index (κ1) is 15.7. The molecule has 0 bridgehead atoms. The van der Waals surface area contributed by atoms with Gasteiger partial charge in [-0.15, -0.1) is 0 Å². The molecule has 2 aromatic carbocycles. The van der Waals surface area contributed by atoms with Gasteiger partial charge in [0.05, 0.1) is 19.8 Å². The molecule has 0 aromatic heterocycles. The molecule has 2 rings (SSSR count). The van der Waals surface area contributed by atoms with Crippen molar-refractivity contribution in [2.24, 2.45) is 0 Å². The SMILES string of the molecule is CCOc1cccc(OCCCOc2ccc(Br)cc2)c1. The topological polar surface area (TPSA) is 27.7 Å². The standard InChI is InChI=1S/C17H19BrO3/c1-2-19-16-5-3-6-17(13-16)21-12-4-11-20-15-9-7-14(18)8-10-15/h3,5-10,13H,2,4,11-12H2,1H3. The normalized spacial score (nSPS) is 10.2. The fourth-order valence-electron chi connectivity index (χ4n) is 1.79. The van der Waals surface area contributed by atoms with Gasteiger partial charge in [-0.3, -0.25) is 0 Å². The van der Waals surface area contributed by atoms with Crippen molar-refractivity contribution in [1.82, 2.24) is 0 Å². The average Bonchev–Trinajstić information content (AvgIpc) is 2.50. The van der Waals surface area contributed by atoms with E-state index in [1.165, 1.54) is 0 Å². The number of ether oxygens (including phenoxy) is 3. The zero-order chi connectivity index (χ0) is 14.9. The van der Waals surface area contributed by atoms with Crippen LogP contribution in [0.1, 0.15) is 13.3 Å². The Morgan fingerprint density at radius 3 is 2.10 bits per heavy atom. The van der Waals surface area contributed by atoms with Crippen LogP contribution in [0.3, 0.4) is 0 Å². The van der Waals surface area contributed by atoms with Crippen LogP contribution in [0.15, 0.2) is 53.0 Å². The summed E-state index contributed by atoms with van der Waals surface area (Å²) in [5, 5.41) is 0. The summed E-state index contributed by atoms with van der Waals surface area (Å²) >= 11 is 3.40. The molecule has 0 fully saturated rings. The van der Waals surface area contributed by atoms with Crippen molar-refractivity contribution in [2.75, 3.05) is 19.8 Å². The van der Waals surface area contributed by atoms with E-state index in [9.17, 15) is 0 Å². The third-order valence-electron chi connectivity index (χ3n) is 2.76. The van der Waals surface area contributed by atoms with Gasteiger partial charge in [0.25, 0.3) is 0 Å². The van der Waals surface area contributed by atoms with E-state index in [-0.39, 0.29) is 0 Å². The van der Waals surface area contributed by atoms with Crippen LogP contribution >= 0.6 is 15.9 Å². The van der Waals surface area contributed by atoms with Crippen LogP contribution < -0.4 is 14.2 Å². The van der Waals surface area contributed by atoms with Crippen LogP contribution in [0, 0.1) is 0 Å². The molecule has 3 nitrogen and oxygen atoms in total. The van der Waals surface area contributed by atoms with Crippen molar-refractivity contribution >= 4 is 15.9 Å². The van der Waals surface area contributed by atoms with Crippen LogP contribution in [0.4, 0.5) is 0 Å². The molecular formula is C17H19BrO3. The van der Waals surface area contributed by atoms with Crippen LogP contribution in [0.5, 0.6) is 17.2 Å². The van der Waals surface area contributed by atoms with Crippen LogP contribution in [-0.2, 0) is 0 Å². The second-order valence-electron chi connectivity index (χ2n) is 4.41. The molecule has 2 aromatic rings. The Balaban J connectivity index is 1.67. The maximum atomic E-state index is 5.68. The van der Waals surface area contributed by atoms with E-state index in [4.69, 9.17) is 14.2 Å². The smallest absolute Gasteiger partial charge is 0.122 e. The quantitative estimate of drug-likeness (QED) is 0.646. The molecular weight excluding hydrogens is 332 g/mol. The Kier molecular flexibility index (Phi) is 6.41. The zero-order valence-corrected chi connectivity index (χ0v) is 13.6. The molecule has 0 heterocycles. The third-order valence-corrected chi connectivity index (χ3v) is 3.28. The van der Waals surface area contributed by atoms with Crippen molar-refractivity contribution in [2.45, 2.75) is 13.3 Å². The maximum Gasteiger partial charge on any atom is 0.122 e. The number of rotatable bonds is 8. The lowest BCUT2D eigenvalue weighted by Crippen LogP contribution is -2.05. The summed E-state index contributed by atoms with van der Waals surface area (Å²) in [6.07, 6.45) is 0.828. The molecule has 0 N–H and O–H groups in total. The average molecular weight is 351 g/mol. The first-order valence-corrected chi connectivity index (χ1v) is 7.81. The van der Waals surface area contributed by atoms with Crippen molar-refractivity contribution in [3.05, 3.63) is 53.0 Å². The van der Waals surface area contributed by atoms with E-state index < -0.39 is 0 Å². The summed E-state index contributed by atoms with van der Waals surface area (Å²) < 4.78 is 17.8. The summed E-state index contributed by atoms with van der Waals surface area (Å²) in [5.41, 5.74) is 0. The van der Waals surface area contributed by atoms with Gasteiger partial charge >= 0.3 is 0 Å². The second kappa shape index (κ2) is 8.57. The van der Waals surface area contributed by atoms with Crippen molar-refractivity contribution in [3.8, 4) is 17.2 Å². The molecule has 0 saturated carbocycles. The molecule has 0 unspecified atom stereocenters. The van der Waals surface area contributed by atoms with Crippen molar-refractivity contribution in [3.63, 3.8) is 0 Å². The minimum Gasteiger partial charge on any atom is -0.494 e. The molecule has 0 aliphatic heterocycles. The van der Waals surface area contributed by atoms with Crippen molar-refractivity contribution < 1.29 is 14.2 Å². The van der Waals surface area contributed by atoms with E-state index in [0.717, 1.165) is 28.1 Å². The van der Waals surface area contributed by atoms with Crippen LogP contribution in [0.2, 0.25) is 0 Å². The zero-order valence-electron chi connectivity index (χ0n) is 12.0. The van der Waals surface area contributed by atoms with Gasteiger partial charge in [0.2, 0.25) is 0 Å². The predicted octanol–water partition coefficient (Wildman–Crippen LogP) is 4.70. The van der Waals surface area contributed by atoms with Gasteiger partial charge in [-0.25, -0.2) is 0 Å². The largest absolute Gasteiger partial charge is 0.494 e. The van der Waals surface area contributed by atoms with Gasteiger partial charge in [-0.05, 0) is 43.3 Å². The summed E-state index contributed by atoms with van der Waals surface area (Å²) in [5.74, 6) is 2.53. The van der Waals surface area contributed by atoms with Gasteiger partial charge in [0.15, 0.2) is 0 Å². The van der Waals surface area contributed by atoms with E-state index in [0.29, 0.717) is 19.8 Å². The Morgan fingerprint density at radius 1 is 0.810 bits per heavy atom. The number of hydrogen-bond donors (Lipinski definition) is 0. The van der Waals surface area contributed by atoms with Gasteiger partial charge in [0, 0.05) is 17.0 Å². The van der Waals surface area contributed by atoms with Gasteiger partial charge in [-0.2, -0.15) is 0 Å². The van der Waals surface area contributed by atoms with Crippen LogP contribution in [-0.4, -0.2) is 19.8 Å². The number of hydrogen-bond acceptors (Lipinski definition) is 3. The summed E-state index contributed by atoms with van der Waals surface area (Å²) in [6, 6.07) is 15.5. The summed E-state index contributed by atoms with van der Waals surface area (Å²) in [4.78, 5) is 0. The van der Waals surface area contributed by atoms with E-state index in [1.807, 2.05) is 55.5 Å². The maximum absolute atomic E-state index is 5.68. The first-order valence-electron chi connectivity index (χ1n) is 7.02. The van der Waals surface area contributed by atoms with Gasteiger partial charge in [-0.1, -0.05) is 22.0 Å². The highest BCUT2D eigenvalue weighted by atomic mass is 79.9. The highest BCUT2D eigenvalue weighted by Crippen LogP contribution is 2.19. The molecule has 0 spiro atoms. The molecule has 0 aliphatic carbocycles. The highest BCUT2D eigenvalue weighted by molar-refractivity contribution is 9.10. The monoisotopic (exact) mass is 350 g/mol. The fraction of sp³-hybridized carbons (Fsp3) is 0.294. The molecule has 4 heteroatoms. The third kappa shape index (κ3) is 5.68. The molecule has 0 radical (unpaired) electrons. The molecule has 112 valence electrons. The molecule has 0 aliphatic rings. The Hall–Kier alpha value is -1.68.